The van der Waals surface area contributed by atoms with Crippen LogP contribution in [-0.2, 0) is 0 Å². The molecule has 0 saturated carbocycles. The molecule has 0 fully saturated rings. The summed E-state index contributed by atoms with van der Waals surface area (Å²) in [7, 11) is 0. The van der Waals surface area contributed by atoms with E-state index in [2.05, 4.69) is 5.10 Å². The van der Waals surface area contributed by atoms with Gasteiger partial charge in [-0.05, 0) is 12.1 Å². The Hall–Kier alpha value is -2.62. The van der Waals surface area contributed by atoms with E-state index in [1.165, 1.54) is 17.1 Å². The van der Waals surface area contributed by atoms with Crippen molar-refractivity contribution in [1.82, 2.24) is 9.78 Å². The summed E-state index contributed by atoms with van der Waals surface area (Å²) in [6, 6.07) is 13.6. The second-order valence-corrected chi connectivity index (χ2v) is 4.36. The first-order valence-corrected chi connectivity index (χ1v) is 5.94. The summed E-state index contributed by atoms with van der Waals surface area (Å²) >= 11 is 0. The Balaban J connectivity index is 2.12. The Bertz CT molecular complexity index is 891. The van der Waals surface area contributed by atoms with Crippen molar-refractivity contribution in [3.63, 3.8) is 0 Å². The van der Waals surface area contributed by atoms with Gasteiger partial charge in [-0.2, -0.15) is 5.10 Å². The topological polar surface area (TPSA) is 31.0 Å². The van der Waals surface area contributed by atoms with Crippen molar-refractivity contribution in [3.8, 4) is 5.69 Å². The number of hydrogen-bond donors (Lipinski definition) is 0. The lowest BCUT2D eigenvalue weighted by Gasteiger charge is -2.00. The van der Waals surface area contributed by atoms with Crippen LogP contribution < -0.4 is 0 Å². The van der Waals surface area contributed by atoms with Gasteiger partial charge in [-0.15, -0.1) is 0 Å². The third-order valence-electron chi connectivity index (χ3n) is 3.18. The van der Waals surface area contributed by atoms with Gasteiger partial charge in [0.15, 0.2) is 11.4 Å². The van der Waals surface area contributed by atoms with Crippen LogP contribution in [0.25, 0.3) is 27.6 Å². The van der Waals surface area contributed by atoms with Gasteiger partial charge in [-0.3, -0.25) is 0 Å². The third-order valence-corrected chi connectivity index (χ3v) is 3.18. The average molecular weight is 252 g/mol. The Kier molecular flexibility index (Phi) is 2.00. The molecule has 0 spiro atoms. The molecule has 4 heteroatoms. The van der Waals surface area contributed by atoms with Crippen molar-refractivity contribution in [2.45, 2.75) is 0 Å². The minimum Gasteiger partial charge on any atom is -0.454 e. The van der Waals surface area contributed by atoms with Crippen LogP contribution in [0.4, 0.5) is 4.39 Å². The maximum atomic E-state index is 13.1. The normalized spacial score (nSPS) is 11.4. The lowest BCUT2D eigenvalue weighted by molar-refractivity contribution is 0.626. The molecule has 2 aromatic carbocycles. The van der Waals surface area contributed by atoms with Crippen molar-refractivity contribution in [3.05, 3.63) is 60.7 Å². The Morgan fingerprint density at radius 3 is 2.68 bits per heavy atom. The molecule has 0 radical (unpaired) electrons. The van der Waals surface area contributed by atoms with E-state index in [1.54, 1.807) is 0 Å². The van der Waals surface area contributed by atoms with Gasteiger partial charge in [0.1, 0.15) is 11.3 Å². The van der Waals surface area contributed by atoms with Gasteiger partial charge >= 0.3 is 0 Å². The monoisotopic (exact) mass is 252 g/mol. The number of benzene rings is 2. The smallest absolute Gasteiger partial charge is 0.161 e. The van der Waals surface area contributed by atoms with E-state index in [0.717, 1.165) is 22.0 Å². The minimum atomic E-state index is -0.367. The summed E-state index contributed by atoms with van der Waals surface area (Å²) in [4.78, 5) is 0. The van der Waals surface area contributed by atoms with Crippen LogP contribution in [-0.4, -0.2) is 9.78 Å². The van der Waals surface area contributed by atoms with E-state index in [0.29, 0.717) is 5.58 Å². The van der Waals surface area contributed by atoms with Crippen LogP contribution in [0, 0.1) is 5.82 Å². The van der Waals surface area contributed by atoms with Gasteiger partial charge in [0, 0.05) is 10.8 Å². The maximum absolute atomic E-state index is 13.1. The van der Waals surface area contributed by atoms with E-state index >= 15 is 0 Å². The zero-order valence-electron chi connectivity index (χ0n) is 9.88. The number of aromatic nitrogens is 2. The molecular formula is C15H9FN2O. The van der Waals surface area contributed by atoms with E-state index in [4.69, 9.17) is 4.42 Å². The molecule has 0 N–H and O–H groups in total. The van der Waals surface area contributed by atoms with E-state index in [1.807, 2.05) is 42.5 Å². The Morgan fingerprint density at radius 1 is 1.00 bits per heavy atom. The van der Waals surface area contributed by atoms with Gasteiger partial charge in [0.2, 0.25) is 0 Å². The summed E-state index contributed by atoms with van der Waals surface area (Å²) in [5.41, 5.74) is 2.27. The standard InChI is InChI=1S/C15H9FN2O/c16-10-8-17-18(9-10)13-6-3-5-12-11-4-1-2-7-14(11)19-15(12)13/h1-9H. The SMILES string of the molecule is Fc1cnn(-c2cccc3c2oc2ccccc23)c1. The van der Waals surface area contributed by atoms with Crippen LogP contribution in [0.2, 0.25) is 0 Å². The molecule has 0 amide bonds. The fourth-order valence-corrected chi connectivity index (χ4v) is 2.35. The summed E-state index contributed by atoms with van der Waals surface area (Å²) in [5.74, 6) is -0.367. The largest absolute Gasteiger partial charge is 0.454 e. The first-order valence-electron chi connectivity index (χ1n) is 5.94. The predicted octanol–water partition coefficient (Wildman–Crippen LogP) is 3.91. The molecule has 4 aromatic rings. The molecule has 92 valence electrons. The highest BCUT2D eigenvalue weighted by Crippen LogP contribution is 2.32. The second-order valence-electron chi connectivity index (χ2n) is 4.36. The third kappa shape index (κ3) is 1.46. The summed E-state index contributed by atoms with van der Waals surface area (Å²) in [6.07, 6.45) is 2.52. The van der Waals surface area contributed by atoms with Crippen LogP contribution >= 0.6 is 0 Å². The maximum Gasteiger partial charge on any atom is 0.161 e. The molecule has 0 bridgehead atoms. The Labute approximate surface area is 107 Å². The number of para-hydroxylation sites is 2. The van der Waals surface area contributed by atoms with Crippen molar-refractivity contribution >= 4 is 21.9 Å². The van der Waals surface area contributed by atoms with Crippen molar-refractivity contribution < 1.29 is 8.81 Å². The molecule has 0 aliphatic carbocycles. The number of halogens is 1. The van der Waals surface area contributed by atoms with Gasteiger partial charge in [-0.1, -0.05) is 30.3 Å². The van der Waals surface area contributed by atoms with Crippen molar-refractivity contribution in [1.29, 1.82) is 0 Å². The summed E-state index contributed by atoms with van der Waals surface area (Å²) in [6.45, 7) is 0. The van der Waals surface area contributed by atoms with Gasteiger partial charge in [0.25, 0.3) is 0 Å². The first kappa shape index (κ1) is 10.3. The van der Waals surface area contributed by atoms with Gasteiger partial charge in [0.05, 0.1) is 12.4 Å². The molecule has 4 rings (SSSR count). The molecular weight excluding hydrogens is 243 g/mol. The number of hydrogen-bond acceptors (Lipinski definition) is 2. The van der Waals surface area contributed by atoms with E-state index < -0.39 is 0 Å². The van der Waals surface area contributed by atoms with Gasteiger partial charge < -0.3 is 4.42 Å². The molecule has 3 nitrogen and oxygen atoms in total. The average Bonchev–Trinajstić information content (AvgIpc) is 3.02. The molecule has 19 heavy (non-hydrogen) atoms. The first-order chi connectivity index (χ1) is 9.33. The molecule has 0 aliphatic rings. The van der Waals surface area contributed by atoms with E-state index in [9.17, 15) is 4.39 Å². The van der Waals surface area contributed by atoms with Crippen LogP contribution in [0.3, 0.4) is 0 Å². The molecule has 0 atom stereocenters. The lowest BCUT2D eigenvalue weighted by atomic mass is 10.1. The molecule has 2 heterocycles. The molecule has 2 aromatic heterocycles. The highest BCUT2D eigenvalue weighted by Gasteiger charge is 2.12. The minimum absolute atomic E-state index is 0.367. The number of furan rings is 1. The van der Waals surface area contributed by atoms with Crippen LogP contribution in [0.5, 0.6) is 0 Å². The van der Waals surface area contributed by atoms with E-state index in [-0.39, 0.29) is 5.82 Å². The van der Waals surface area contributed by atoms with Gasteiger partial charge in [-0.25, -0.2) is 9.07 Å². The predicted molar refractivity (Wildman–Crippen MR) is 70.8 cm³/mol. The zero-order chi connectivity index (χ0) is 12.8. The fraction of sp³-hybridized carbons (Fsp3) is 0. The summed E-state index contributed by atoms with van der Waals surface area (Å²) < 4.78 is 20.5. The number of fused-ring (bicyclic) bond motifs is 3. The van der Waals surface area contributed by atoms with Crippen molar-refractivity contribution in [2.75, 3.05) is 0 Å². The van der Waals surface area contributed by atoms with Crippen molar-refractivity contribution in [2.24, 2.45) is 0 Å². The second kappa shape index (κ2) is 3.68. The molecule has 0 saturated heterocycles. The summed E-state index contributed by atoms with van der Waals surface area (Å²) in [5, 5.41) is 6.04. The van der Waals surface area contributed by atoms with Crippen LogP contribution in [0.1, 0.15) is 0 Å². The number of nitrogens with zero attached hydrogens (tertiary/aromatic N) is 2. The van der Waals surface area contributed by atoms with Crippen LogP contribution in [0.15, 0.2) is 59.3 Å². The Morgan fingerprint density at radius 2 is 1.84 bits per heavy atom. The fourth-order valence-electron chi connectivity index (χ4n) is 2.35. The number of rotatable bonds is 1. The lowest BCUT2D eigenvalue weighted by Crippen LogP contribution is -1.93. The quantitative estimate of drug-likeness (QED) is 0.514. The highest BCUT2D eigenvalue weighted by molar-refractivity contribution is 6.07. The zero-order valence-corrected chi connectivity index (χ0v) is 9.88. The molecule has 0 unspecified atom stereocenters. The highest BCUT2D eigenvalue weighted by atomic mass is 19.1. The molecule has 0 aliphatic heterocycles.